The second-order valence-electron chi connectivity index (χ2n) is 8.74. The highest BCUT2D eigenvalue weighted by molar-refractivity contribution is 7.13. The fraction of sp³-hybridized carbons (Fsp3) is 0.700. The number of likely N-dealkylation sites (tertiary alicyclic amines) is 1. The summed E-state index contributed by atoms with van der Waals surface area (Å²) in [6.07, 6.45) is -3.18. The Morgan fingerprint density at radius 2 is 1.97 bits per heavy atom. The number of nitrogens with one attached hydrogen (secondary N) is 2. The normalized spacial score (nSPS) is 18.8. The molecule has 1 aromatic rings. The molecule has 1 saturated heterocycles. The summed E-state index contributed by atoms with van der Waals surface area (Å²) in [7, 11) is 0. The number of alkyl halides is 3. The van der Waals surface area contributed by atoms with E-state index in [1.54, 1.807) is 13.0 Å². The summed E-state index contributed by atoms with van der Waals surface area (Å²) >= 11 is 1.09. The second-order valence-corrected chi connectivity index (χ2v) is 9.82. The molecule has 2 N–H and O–H groups in total. The smallest absolute Gasteiger partial charge is 0.422 e. The largest absolute Gasteiger partial charge is 0.475 e. The van der Waals surface area contributed by atoms with Crippen LogP contribution in [0.2, 0.25) is 0 Å². The first kappa shape index (κ1) is 24.5. The highest BCUT2D eigenvalue weighted by Gasteiger charge is 2.29. The van der Waals surface area contributed by atoms with E-state index in [4.69, 9.17) is 4.74 Å². The third-order valence-corrected chi connectivity index (χ3v) is 5.69. The van der Waals surface area contributed by atoms with Gasteiger partial charge in [0, 0.05) is 23.4 Å². The van der Waals surface area contributed by atoms with Gasteiger partial charge < -0.3 is 15.4 Å². The lowest BCUT2D eigenvalue weighted by molar-refractivity contribution is -0.152. The topological polar surface area (TPSA) is 70.7 Å². The fourth-order valence-corrected chi connectivity index (χ4v) is 4.17. The lowest BCUT2D eigenvalue weighted by Gasteiger charge is -2.23. The summed E-state index contributed by atoms with van der Waals surface area (Å²) in [5.41, 5.74) is -0.272. The number of carbonyl (C=O) groups is 2. The van der Waals surface area contributed by atoms with E-state index < -0.39 is 12.8 Å². The molecule has 30 heavy (non-hydrogen) atoms. The van der Waals surface area contributed by atoms with E-state index in [9.17, 15) is 22.8 Å². The Balaban J connectivity index is 1.74. The molecule has 1 fully saturated rings. The number of nitrogens with zero attached hydrogens (tertiary/aromatic N) is 1. The van der Waals surface area contributed by atoms with Gasteiger partial charge in [0.1, 0.15) is 0 Å². The molecule has 2 amide bonds. The van der Waals surface area contributed by atoms with Gasteiger partial charge in [-0.05, 0) is 58.7 Å². The summed E-state index contributed by atoms with van der Waals surface area (Å²) in [6.45, 7) is 8.03. The third-order valence-electron chi connectivity index (χ3n) is 4.51. The molecule has 0 aliphatic carbocycles. The molecule has 0 aromatic carbocycles. The molecule has 6 nitrogen and oxygen atoms in total. The molecule has 2 atom stereocenters. The van der Waals surface area contributed by atoms with E-state index >= 15 is 0 Å². The number of halogens is 3. The number of thiophene rings is 1. The van der Waals surface area contributed by atoms with Crippen LogP contribution in [0.5, 0.6) is 5.06 Å². The van der Waals surface area contributed by atoms with Gasteiger partial charge >= 0.3 is 6.18 Å². The maximum absolute atomic E-state index is 12.4. The van der Waals surface area contributed by atoms with Gasteiger partial charge in [-0.2, -0.15) is 13.2 Å². The van der Waals surface area contributed by atoms with Crippen LogP contribution in [0.25, 0.3) is 0 Å². The number of hydrogen-bond donors (Lipinski definition) is 2. The summed E-state index contributed by atoms with van der Waals surface area (Å²) in [5.74, 6) is 0.0378. The minimum absolute atomic E-state index is 0.0255. The Bertz CT molecular complexity index is 731. The first-order valence-electron chi connectivity index (χ1n) is 9.93. The molecule has 1 aliphatic rings. The molecule has 2 heterocycles. The standard InChI is InChI=1S/C20H30F3N3O3S/c1-13(15-5-6-18(30-15)29-12-20(21,22)23)24-16(27)9-14-7-8-26(10-14)11-17(28)25-19(2,3)4/h5-6,13-14H,7-12H2,1-4H3,(H,24,27)(H,25,28)/t13-,14+/m1/s1. The zero-order valence-electron chi connectivity index (χ0n) is 17.8. The highest BCUT2D eigenvalue weighted by atomic mass is 32.1. The van der Waals surface area contributed by atoms with Gasteiger partial charge in [-0.15, -0.1) is 11.3 Å². The molecule has 1 aliphatic heterocycles. The average Bonchev–Trinajstić information content (AvgIpc) is 3.19. The first-order valence-corrected chi connectivity index (χ1v) is 10.7. The Kier molecular flexibility index (Phi) is 8.15. The molecule has 1 aromatic heterocycles. The Hall–Kier alpha value is -1.81. The number of amides is 2. The van der Waals surface area contributed by atoms with Crippen molar-refractivity contribution in [3.8, 4) is 5.06 Å². The minimum atomic E-state index is -4.38. The predicted octanol–water partition coefficient (Wildman–Crippen LogP) is 3.49. The van der Waals surface area contributed by atoms with Crippen molar-refractivity contribution in [3.63, 3.8) is 0 Å². The van der Waals surface area contributed by atoms with Crippen LogP contribution in [0.1, 0.15) is 51.5 Å². The quantitative estimate of drug-likeness (QED) is 0.638. The minimum Gasteiger partial charge on any atom is -0.475 e. The number of carbonyl (C=O) groups excluding carboxylic acids is 2. The first-order chi connectivity index (χ1) is 13.8. The van der Waals surface area contributed by atoms with Crippen molar-refractivity contribution >= 4 is 23.2 Å². The van der Waals surface area contributed by atoms with Gasteiger partial charge in [-0.1, -0.05) is 0 Å². The highest BCUT2D eigenvalue weighted by Crippen LogP contribution is 2.30. The third kappa shape index (κ3) is 8.91. The van der Waals surface area contributed by atoms with Gasteiger partial charge in [0.15, 0.2) is 11.7 Å². The number of hydrogen-bond acceptors (Lipinski definition) is 5. The van der Waals surface area contributed by atoms with Crippen LogP contribution >= 0.6 is 11.3 Å². The van der Waals surface area contributed by atoms with Crippen molar-refractivity contribution < 1.29 is 27.5 Å². The van der Waals surface area contributed by atoms with Gasteiger partial charge in [0.25, 0.3) is 0 Å². The Morgan fingerprint density at radius 1 is 1.27 bits per heavy atom. The fourth-order valence-electron chi connectivity index (χ4n) is 3.32. The summed E-state index contributed by atoms with van der Waals surface area (Å²) in [6, 6.07) is 2.82. The Morgan fingerprint density at radius 3 is 2.60 bits per heavy atom. The van der Waals surface area contributed by atoms with Crippen molar-refractivity contribution in [3.05, 3.63) is 17.0 Å². The molecule has 0 saturated carbocycles. The molecule has 2 rings (SSSR count). The zero-order valence-corrected chi connectivity index (χ0v) is 18.6. The van der Waals surface area contributed by atoms with Gasteiger partial charge in [0.05, 0.1) is 12.6 Å². The van der Waals surface area contributed by atoms with E-state index in [1.807, 2.05) is 25.7 Å². The maximum Gasteiger partial charge on any atom is 0.422 e. The van der Waals surface area contributed by atoms with Crippen LogP contribution in [0.15, 0.2) is 12.1 Å². The van der Waals surface area contributed by atoms with Crippen molar-refractivity contribution in [1.82, 2.24) is 15.5 Å². The van der Waals surface area contributed by atoms with Gasteiger partial charge in [0.2, 0.25) is 11.8 Å². The van der Waals surface area contributed by atoms with Gasteiger partial charge in [-0.25, -0.2) is 0 Å². The molecule has 0 unspecified atom stereocenters. The van der Waals surface area contributed by atoms with Crippen molar-refractivity contribution in [2.75, 3.05) is 26.2 Å². The lowest BCUT2D eigenvalue weighted by Crippen LogP contribution is -2.45. The molecule has 170 valence electrons. The van der Waals surface area contributed by atoms with E-state index in [0.717, 1.165) is 29.2 Å². The lowest BCUT2D eigenvalue weighted by atomic mass is 10.0. The number of rotatable bonds is 8. The molecule has 0 radical (unpaired) electrons. The van der Waals surface area contributed by atoms with E-state index in [0.29, 0.717) is 19.5 Å². The SMILES string of the molecule is C[C@@H](NC(=O)C[C@@H]1CCN(CC(=O)NC(C)(C)C)C1)c1ccc(OCC(F)(F)F)s1. The van der Waals surface area contributed by atoms with E-state index in [1.165, 1.54) is 6.07 Å². The monoisotopic (exact) mass is 449 g/mol. The predicted molar refractivity (Wildman–Crippen MR) is 109 cm³/mol. The van der Waals surface area contributed by atoms with E-state index in [2.05, 4.69) is 10.6 Å². The number of ether oxygens (including phenoxy) is 1. The summed E-state index contributed by atoms with van der Waals surface area (Å²) in [5, 5.41) is 5.99. The molecule has 0 spiro atoms. The van der Waals surface area contributed by atoms with Gasteiger partial charge in [-0.3, -0.25) is 14.5 Å². The second kappa shape index (κ2) is 10.00. The van der Waals surface area contributed by atoms with Crippen molar-refractivity contribution in [1.29, 1.82) is 0 Å². The van der Waals surface area contributed by atoms with Crippen LogP contribution in [-0.4, -0.2) is 54.7 Å². The van der Waals surface area contributed by atoms with Crippen LogP contribution in [0.4, 0.5) is 13.2 Å². The average molecular weight is 450 g/mol. The molecule has 10 heteroatoms. The van der Waals surface area contributed by atoms with Crippen molar-refractivity contribution in [2.24, 2.45) is 5.92 Å². The summed E-state index contributed by atoms with van der Waals surface area (Å²) < 4.78 is 41.4. The van der Waals surface area contributed by atoms with Crippen LogP contribution in [0.3, 0.4) is 0 Å². The molecular weight excluding hydrogens is 419 g/mol. The maximum atomic E-state index is 12.4. The van der Waals surface area contributed by atoms with Crippen LogP contribution in [-0.2, 0) is 9.59 Å². The summed E-state index contributed by atoms with van der Waals surface area (Å²) in [4.78, 5) is 27.2. The van der Waals surface area contributed by atoms with Crippen LogP contribution in [0, 0.1) is 5.92 Å². The Labute approximate surface area is 179 Å². The molecule has 0 bridgehead atoms. The van der Waals surface area contributed by atoms with Crippen LogP contribution < -0.4 is 15.4 Å². The zero-order chi connectivity index (χ0) is 22.5. The van der Waals surface area contributed by atoms with E-state index in [-0.39, 0.29) is 34.4 Å². The van der Waals surface area contributed by atoms with Crippen molar-refractivity contribution in [2.45, 2.75) is 58.3 Å². The molecular formula is C20H30F3N3O3S.